The van der Waals surface area contributed by atoms with Gasteiger partial charge in [0.15, 0.2) is 5.78 Å². The number of carbonyl (C=O) groups excluding carboxylic acids is 1. The van der Waals surface area contributed by atoms with E-state index in [1.807, 2.05) is 42.5 Å². The number of nitrogens with one attached hydrogen (secondary N) is 2. The molecule has 140 valence electrons. The number of ketones is 1. The van der Waals surface area contributed by atoms with E-state index in [4.69, 9.17) is 16.3 Å². The van der Waals surface area contributed by atoms with Crippen LogP contribution in [0.4, 0.5) is 11.4 Å². The Labute approximate surface area is 164 Å². The second kappa shape index (κ2) is 6.61. The lowest BCUT2D eigenvalue weighted by atomic mass is 9.73. The molecule has 0 unspecified atom stereocenters. The summed E-state index contributed by atoms with van der Waals surface area (Å²) in [6.07, 6.45) is 1.36. The number of benzene rings is 2. The summed E-state index contributed by atoms with van der Waals surface area (Å²) in [6.45, 7) is 4.28. The van der Waals surface area contributed by atoms with Crippen LogP contribution in [0.3, 0.4) is 0 Å². The highest BCUT2D eigenvalue weighted by molar-refractivity contribution is 6.31. The third kappa shape index (κ3) is 3.42. The van der Waals surface area contributed by atoms with Crippen molar-refractivity contribution in [1.82, 2.24) is 0 Å². The molecule has 0 amide bonds. The van der Waals surface area contributed by atoms with Crippen LogP contribution in [0, 0.1) is 5.41 Å². The summed E-state index contributed by atoms with van der Waals surface area (Å²) in [4.78, 5) is 13.1. The molecule has 1 aliphatic carbocycles. The maximum absolute atomic E-state index is 13.1. The highest BCUT2D eigenvalue weighted by Gasteiger charge is 2.38. The fourth-order valence-corrected chi connectivity index (χ4v) is 4.13. The fraction of sp³-hybridized carbons (Fsp3) is 0.318. The van der Waals surface area contributed by atoms with Gasteiger partial charge in [0.2, 0.25) is 0 Å². The highest BCUT2D eigenvalue weighted by Crippen LogP contribution is 2.45. The molecule has 0 saturated carbocycles. The van der Waals surface area contributed by atoms with Crippen LogP contribution in [0.1, 0.15) is 38.3 Å². The first kappa shape index (κ1) is 17.9. The summed E-state index contributed by atoms with van der Waals surface area (Å²) in [7, 11) is 1.65. The molecule has 2 N–H and O–H groups in total. The quantitative estimate of drug-likeness (QED) is 0.712. The van der Waals surface area contributed by atoms with E-state index in [1.54, 1.807) is 7.11 Å². The van der Waals surface area contributed by atoms with Gasteiger partial charge in [0.05, 0.1) is 24.5 Å². The zero-order valence-corrected chi connectivity index (χ0v) is 16.5. The monoisotopic (exact) mass is 382 g/mol. The number of fused-ring (bicyclic) bond motifs is 1. The Kier molecular flexibility index (Phi) is 4.39. The van der Waals surface area contributed by atoms with Crippen molar-refractivity contribution in [3.63, 3.8) is 0 Å². The first-order valence-corrected chi connectivity index (χ1v) is 9.47. The van der Waals surface area contributed by atoms with Gasteiger partial charge < -0.3 is 15.4 Å². The van der Waals surface area contributed by atoms with Gasteiger partial charge in [-0.25, -0.2) is 0 Å². The van der Waals surface area contributed by atoms with Crippen molar-refractivity contribution < 1.29 is 9.53 Å². The van der Waals surface area contributed by atoms with Gasteiger partial charge in [0.25, 0.3) is 0 Å². The molecule has 2 aromatic carbocycles. The van der Waals surface area contributed by atoms with E-state index in [1.165, 1.54) is 0 Å². The van der Waals surface area contributed by atoms with Gasteiger partial charge in [0.1, 0.15) is 5.75 Å². The molecule has 4 nitrogen and oxygen atoms in total. The van der Waals surface area contributed by atoms with Crippen molar-refractivity contribution in [1.29, 1.82) is 0 Å². The first-order valence-electron chi connectivity index (χ1n) is 9.10. The minimum atomic E-state index is -0.235. The SMILES string of the molecule is COc1ccc([C@@H]2Nc3cc(Cl)ccc3NC3=C2C(=O)CC(C)(C)C3)cc1. The third-order valence-electron chi connectivity index (χ3n) is 5.22. The summed E-state index contributed by atoms with van der Waals surface area (Å²) in [5, 5.41) is 7.71. The van der Waals surface area contributed by atoms with Crippen LogP contribution in [0.25, 0.3) is 0 Å². The smallest absolute Gasteiger partial charge is 0.163 e. The van der Waals surface area contributed by atoms with E-state index in [2.05, 4.69) is 24.5 Å². The number of halogens is 1. The summed E-state index contributed by atoms with van der Waals surface area (Å²) in [5.74, 6) is 0.972. The molecule has 2 aromatic rings. The summed E-state index contributed by atoms with van der Waals surface area (Å²) in [5.41, 5.74) is 4.59. The lowest BCUT2D eigenvalue weighted by Gasteiger charge is -2.34. The predicted octanol–water partition coefficient (Wildman–Crippen LogP) is 5.57. The number of rotatable bonds is 2. The minimum absolute atomic E-state index is 0.0652. The predicted molar refractivity (Wildman–Crippen MR) is 109 cm³/mol. The average molecular weight is 383 g/mol. The number of Topliss-reactive ketones (excluding diaryl/α,β-unsaturated/α-hetero) is 1. The number of allylic oxidation sites excluding steroid dienone is 1. The second-order valence-corrected chi connectivity index (χ2v) is 8.44. The number of ether oxygens (including phenoxy) is 1. The van der Waals surface area contributed by atoms with Crippen LogP contribution >= 0.6 is 11.6 Å². The molecule has 0 saturated heterocycles. The molecular weight excluding hydrogens is 360 g/mol. The Bertz CT molecular complexity index is 932. The van der Waals surface area contributed by atoms with Crippen LogP contribution in [0.15, 0.2) is 53.7 Å². The maximum Gasteiger partial charge on any atom is 0.163 e. The number of methoxy groups -OCH3 is 1. The topological polar surface area (TPSA) is 50.4 Å². The molecule has 2 aliphatic rings. The van der Waals surface area contributed by atoms with E-state index in [0.29, 0.717) is 11.4 Å². The molecular formula is C22H23ClN2O2. The van der Waals surface area contributed by atoms with Crippen molar-refractivity contribution in [2.24, 2.45) is 5.41 Å². The van der Waals surface area contributed by atoms with Crippen LogP contribution in [0.5, 0.6) is 5.75 Å². The summed E-state index contributed by atoms with van der Waals surface area (Å²) in [6, 6.07) is 13.3. The van der Waals surface area contributed by atoms with Crippen LogP contribution < -0.4 is 15.4 Å². The van der Waals surface area contributed by atoms with Crippen LogP contribution in [-0.2, 0) is 4.79 Å². The molecule has 0 spiro atoms. The van der Waals surface area contributed by atoms with Crippen LogP contribution in [-0.4, -0.2) is 12.9 Å². The van der Waals surface area contributed by atoms with Crippen LogP contribution in [0.2, 0.25) is 5.02 Å². The van der Waals surface area contributed by atoms with E-state index in [-0.39, 0.29) is 17.2 Å². The van der Waals surface area contributed by atoms with E-state index >= 15 is 0 Å². The van der Waals surface area contributed by atoms with E-state index in [9.17, 15) is 4.79 Å². The lowest BCUT2D eigenvalue weighted by molar-refractivity contribution is -0.118. The van der Waals surface area contributed by atoms with Gasteiger partial charge in [-0.3, -0.25) is 4.79 Å². The minimum Gasteiger partial charge on any atom is -0.497 e. The zero-order chi connectivity index (χ0) is 19.2. The van der Waals surface area contributed by atoms with Crippen molar-refractivity contribution in [2.75, 3.05) is 17.7 Å². The molecule has 27 heavy (non-hydrogen) atoms. The van der Waals surface area contributed by atoms with E-state index < -0.39 is 0 Å². The largest absolute Gasteiger partial charge is 0.497 e. The molecule has 1 atom stereocenters. The number of hydrogen-bond acceptors (Lipinski definition) is 4. The Balaban J connectivity index is 1.86. The van der Waals surface area contributed by atoms with E-state index in [0.717, 1.165) is 40.4 Å². The molecule has 0 bridgehead atoms. The highest BCUT2D eigenvalue weighted by atomic mass is 35.5. The molecule has 0 fully saturated rings. The normalized spacial score (nSPS) is 20.7. The van der Waals surface area contributed by atoms with Crippen molar-refractivity contribution >= 4 is 28.8 Å². The average Bonchev–Trinajstić information content (AvgIpc) is 2.77. The number of anilines is 2. The molecule has 0 aromatic heterocycles. The Hall–Kier alpha value is -2.46. The molecule has 4 rings (SSSR count). The molecule has 5 heteroatoms. The fourth-order valence-electron chi connectivity index (χ4n) is 3.96. The van der Waals surface area contributed by atoms with Gasteiger partial charge in [-0.2, -0.15) is 0 Å². The van der Waals surface area contributed by atoms with Crippen molar-refractivity contribution in [3.8, 4) is 5.75 Å². The van der Waals surface area contributed by atoms with Gasteiger partial charge in [-0.1, -0.05) is 37.6 Å². The maximum atomic E-state index is 13.1. The first-order chi connectivity index (χ1) is 12.9. The zero-order valence-electron chi connectivity index (χ0n) is 15.7. The molecule has 1 heterocycles. The van der Waals surface area contributed by atoms with Gasteiger partial charge in [-0.15, -0.1) is 0 Å². The number of carbonyl (C=O) groups is 1. The van der Waals surface area contributed by atoms with Gasteiger partial charge >= 0.3 is 0 Å². The number of hydrogen-bond donors (Lipinski definition) is 2. The van der Waals surface area contributed by atoms with Gasteiger partial charge in [-0.05, 0) is 47.7 Å². The van der Waals surface area contributed by atoms with Crippen molar-refractivity contribution in [2.45, 2.75) is 32.7 Å². The Morgan fingerprint density at radius 3 is 2.52 bits per heavy atom. The Morgan fingerprint density at radius 2 is 1.81 bits per heavy atom. The van der Waals surface area contributed by atoms with Crippen molar-refractivity contribution in [3.05, 3.63) is 64.3 Å². The molecule has 0 radical (unpaired) electrons. The Morgan fingerprint density at radius 1 is 1.07 bits per heavy atom. The third-order valence-corrected chi connectivity index (χ3v) is 5.46. The summed E-state index contributed by atoms with van der Waals surface area (Å²) >= 11 is 6.23. The lowest BCUT2D eigenvalue weighted by Crippen LogP contribution is -2.31. The molecule has 1 aliphatic heterocycles. The standard InChI is InChI=1S/C22H23ClN2O2/c1-22(2)11-18-20(19(26)12-22)21(13-4-7-15(27-3)8-5-13)25-17-10-14(23)6-9-16(17)24-18/h4-10,21,24-25H,11-12H2,1-3H3/t21-/m0/s1. The van der Waals surface area contributed by atoms with Gasteiger partial charge in [0, 0.05) is 22.7 Å². The summed E-state index contributed by atoms with van der Waals surface area (Å²) < 4.78 is 5.28. The second-order valence-electron chi connectivity index (χ2n) is 8.00.